The van der Waals surface area contributed by atoms with Crippen LogP contribution in [-0.4, -0.2) is 22.1 Å². The highest BCUT2D eigenvalue weighted by molar-refractivity contribution is 6.12. The number of carbonyl (C=O) groups excluding carboxylic acids is 2. The van der Waals surface area contributed by atoms with E-state index in [0.717, 1.165) is 23.0 Å². The summed E-state index contributed by atoms with van der Waals surface area (Å²) in [5.74, 6) is -0.221. The summed E-state index contributed by atoms with van der Waals surface area (Å²) in [6, 6.07) is 19.6. The van der Waals surface area contributed by atoms with E-state index in [-0.39, 0.29) is 24.8 Å². The molecule has 1 aliphatic carbocycles. The first-order valence-electron chi connectivity index (χ1n) is 12.8. The van der Waals surface area contributed by atoms with Gasteiger partial charge >= 0.3 is 0 Å². The molecule has 5 nitrogen and oxygen atoms in total. The fourth-order valence-corrected chi connectivity index (χ4v) is 5.25. The summed E-state index contributed by atoms with van der Waals surface area (Å²) < 4.78 is 20.3. The number of pyridine rings is 1. The van der Waals surface area contributed by atoms with Crippen molar-refractivity contribution in [3.63, 3.8) is 0 Å². The predicted molar refractivity (Wildman–Crippen MR) is 148 cm³/mol. The Hall–Kier alpha value is -4.84. The minimum absolute atomic E-state index is 0.241. The number of allylic oxidation sites excluding steroid dienone is 5. The lowest BCUT2D eigenvalue weighted by atomic mass is 9.96. The molecule has 0 spiro atoms. The number of nitrogens with zero attached hydrogens (tertiary/aromatic N) is 2. The van der Waals surface area contributed by atoms with Crippen molar-refractivity contribution in [1.82, 2.24) is 9.88 Å². The van der Waals surface area contributed by atoms with Crippen molar-refractivity contribution in [2.75, 3.05) is 0 Å². The second-order valence-corrected chi connectivity index (χ2v) is 9.57. The van der Waals surface area contributed by atoms with Crippen LogP contribution in [0.2, 0.25) is 0 Å². The minimum atomic E-state index is -0.478. The zero-order chi connectivity index (χ0) is 26.8. The maximum Gasteiger partial charge on any atom is 0.258 e. The molecule has 0 bridgehead atoms. The smallest absolute Gasteiger partial charge is 0.258 e. The zero-order valence-electron chi connectivity index (χ0n) is 21.1. The van der Waals surface area contributed by atoms with Crippen molar-refractivity contribution < 1.29 is 18.7 Å². The summed E-state index contributed by atoms with van der Waals surface area (Å²) in [5.41, 5.74) is 4.64. The molecule has 0 N–H and O–H groups in total. The van der Waals surface area contributed by atoms with Crippen molar-refractivity contribution >= 4 is 23.1 Å². The summed E-state index contributed by atoms with van der Waals surface area (Å²) >= 11 is 0. The highest BCUT2D eigenvalue weighted by Gasteiger charge is 2.36. The first-order valence-corrected chi connectivity index (χ1v) is 12.8. The Morgan fingerprint density at radius 1 is 1.00 bits per heavy atom. The van der Waals surface area contributed by atoms with Crippen molar-refractivity contribution in [2.24, 2.45) is 0 Å². The van der Waals surface area contributed by atoms with Crippen LogP contribution in [-0.2, 0) is 13.1 Å². The molecular formula is C33H25FN2O3. The monoisotopic (exact) mass is 516 g/mol. The van der Waals surface area contributed by atoms with Crippen LogP contribution in [0.25, 0.3) is 10.9 Å². The van der Waals surface area contributed by atoms with E-state index in [0.29, 0.717) is 39.8 Å². The molecule has 0 radical (unpaired) electrons. The largest absolute Gasteiger partial charge is 0.478 e. The molecule has 192 valence electrons. The molecule has 1 aromatic heterocycles. The van der Waals surface area contributed by atoms with Gasteiger partial charge in [0.15, 0.2) is 12.0 Å². The molecule has 1 aliphatic heterocycles. The molecular weight excluding hydrogens is 491 g/mol. The van der Waals surface area contributed by atoms with Crippen molar-refractivity contribution in [3.05, 3.63) is 143 Å². The molecule has 0 fully saturated rings. The Balaban J connectivity index is 1.50. The fraction of sp³-hybridized carbons (Fsp3) is 0.121. The predicted octanol–water partition coefficient (Wildman–Crippen LogP) is 6.91. The van der Waals surface area contributed by atoms with Crippen molar-refractivity contribution in [1.29, 1.82) is 0 Å². The number of hydrogen-bond acceptors (Lipinski definition) is 4. The van der Waals surface area contributed by atoms with E-state index in [4.69, 9.17) is 4.74 Å². The van der Waals surface area contributed by atoms with E-state index in [1.807, 2.05) is 60.7 Å². The lowest BCUT2D eigenvalue weighted by Crippen LogP contribution is -2.23. The topological polar surface area (TPSA) is 59.5 Å². The third-order valence-electron chi connectivity index (χ3n) is 7.12. The van der Waals surface area contributed by atoms with Crippen LogP contribution in [0.1, 0.15) is 49.9 Å². The second kappa shape index (κ2) is 10.5. The van der Waals surface area contributed by atoms with Gasteiger partial charge in [0.25, 0.3) is 5.91 Å². The molecule has 6 rings (SSSR count). The van der Waals surface area contributed by atoms with Crippen LogP contribution < -0.4 is 4.74 Å². The summed E-state index contributed by atoms with van der Waals surface area (Å²) in [5, 5.41) is 0.638. The number of aldehydes is 1. The Morgan fingerprint density at radius 2 is 1.82 bits per heavy atom. The third kappa shape index (κ3) is 4.66. The van der Waals surface area contributed by atoms with Gasteiger partial charge < -0.3 is 9.64 Å². The standard InChI is InChI=1S/C33H25FN2O3/c34-25-16-14-22(15-17-25)19-36-20-27-28(21-37)26-13-8-18-35-30(26)32(29(27)33(36)38)39-31(24-11-6-3-7-12-24)23-9-4-1-2-5-10-23/h1-9,11-18,21,31H,10,19-20H2. The first-order chi connectivity index (χ1) is 19.1. The van der Waals surface area contributed by atoms with E-state index in [1.54, 1.807) is 29.3 Å². The van der Waals surface area contributed by atoms with Crippen LogP contribution in [0.4, 0.5) is 4.39 Å². The Morgan fingerprint density at radius 3 is 2.62 bits per heavy atom. The van der Waals surface area contributed by atoms with Gasteiger partial charge in [0, 0.05) is 30.2 Å². The molecule has 0 saturated carbocycles. The van der Waals surface area contributed by atoms with E-state index >= 15 is 0 Å². The summed E-state index contributed by atoms with van der Waals surface area (Å²) in [4.78, 5) is 32.6. The minimum Gasteiger partial charge on any atom is -0.478 e. The fourth-order valence-electron chi connectivity index (χ4n) is 5.25. The van der Waals surface area contributed by atoms with E-state index < -0.39 is 6.10 Å². The van der Waals surface area contributed by atoms with Gasteiger partial charge in [-0.05, 0) is 46.9 Å². The van der Waals surface area contributed by atoms with E-state index in [1.165, 1.54) is 12.1 Å². The second-order valence-electron chi connectivity index (χ2n) is 9.57. The maximum absolute atomic E-state index is 13.9. The molecule has 4 aromatic rings. The summed E-state index contributed by atoms with van der Waals surface area (Å²) in [7, 11) is 0. The number of fused-ring (bicyclic) bond motifs is 2. The summed E-state index contributed by atoms with van der Waals surface area (Å²) in [6.45, 7) is 0.517. The van der Waals surface area contributed by atoms with E-state index in [2.05, 4.69) is 11.1 Å². The molecule has 1 atom stereocenters. The number of ether oxygens (including phenoxy) is 1. The van der Waals surface area contributed by atoms with Gasteiger partial charge in [0.2, 0.25) is 0 Å². The highest BCUT2D eigenvalue weighted by atomic mass is 19.1. The van der Waals surface area contributed by atoms with Gasteiger partial charge in [-0.25, -0.2) is 4.39 Å². The van der Waals surface area contributed by atoms with Crippen molar-refractivity contribution in [3.8, 4) is 5.75 Å². The Bertz CT molecular complexity index is 1660. The van der Waals surface area contributed by atoms with Crippen LogP contribution >= 0.6 is 0 Å². The van der Waals surface area contributed by atoms with Crippen LogP contribution in [0.15, 0.2) is 109 Å². The molecule has 1 amide bonds. The lowest BCUT2D eigenvalue weighted by molar-refractivity contribution is 0.0761. The number of aromatic nitrogens is 1. The van der Waals surface area contributed by atoms with Crippen molar-refractivity contribution in [2.45, 2.75) is 25.6 Å². The van der Waals surface area contributed by atoms with E-state index in [9.17, 15) is 14.0 Å². The van der Waals surface area contributed by atoms with Gasteiger partial charge in [-0.2, -0.15) is 0 Å². The number of amides is 1. The number of carbonyl (C=O) groups is 2. The zero-order valence-corrected chi connectivity index (χ0v) is 21.1. The van der Waals surface area contributed by atoms with Gasteiger partial charge in [0.1, 0.15) is 17.4 Å². The SMILES string of the molecule is O=Cc1c2c(c(OC(C3=CC=CC=CC3)c3ccccc3)c3ncccc13)C(=O)N(Cc1ccc(F)cc1)C2. The highest BCUT2D eigenvalue weighted by Crippen LogP contribution is 2.43. The molecule has 6 heteroatoms. The molecule has 3 aromatic carbocycles. The van der Waals surface area contributed by atoms with Gasteiger partial charge in [0.05, 0.1) is 5.56 Å². The lowest BCUT2D eigenvalue weighted by Gasteiger charge is -2.24. The maximum atomic E-state index is 13.9. The number of halogens is 1. The summed E-state index contributed by atoms with van der Waals surface area (Å²) in [6.07, 6.45) is 12.7. The third-order valence-corrected chi connectivity index (χ3v) is 7.12. The average molecular weight is 517 g/mol. The van der Waals surface area contributed by atoms with Crippen LogP contribution in [0.5, 0.6) is 5.75 Å². The molecule has 39 heavy (non-hydrogen) atoms. The van der Waals surface area contributed by atoms with Gasteiger partial charge in [-0.15, -0.1) is 0 Å². The molecule has 2 heterocycles. The molecule has 1 unspecified atom stereocenters. The molecule has 0 saturated heterocycles. The number of benzene rings is 3. The van der Waals surface area contributed by atoms with Gasteiger partial charge in [-0.3, -0.25) is 14.6 Å². The Kier molecular flexibility index (Phi) is 6.59. The number of rotatable bonds is 7. The normalized spacial score (nSPS) is 15.2. The first kappa shape index (κ1) is 24.5. The molecule has 2 aliphatic rings. The quantitative estimate of drug-likeness (QED) is 0.251. The average Bonchev–Trinajstić information content (AvgIpc) is 3.12. The number of hydrogen-bond donors (Lipinski definition) is 0. The van der Waals surface area contributed by atoms with Gasteiger partial charge in [-0.1, -0.05) is 78.9 Å². The Labute approximate surface area is 225 Å². The van der Waals surface area contributed by atoms with Crippen LogP contribution in [0, 0.1) is 5.82 Å². The van der Waals surface area contributed by atoms with Crippen LogP contribution in [0.3, 0.4) is 0 Å².